The van der Waals surface area contributed by atoms with E-state index in [1.165, 1.54) is 5.01 Å². The highest BCUT2D eigenvalue weighted by Crippen LogP contribution is 2.58. The first kappa shape index (κ1) is 5.56. The second-order valence-corrected chi connectivity index (χ2v) is 2.84. The fourth-order valence-electron chi connectivity index (χ4n) is 1.54. The summed E-state index contributed by atoms with van der Waals surface area (Å²) in [5.74, 6) is 2.04. The van der Waals surface area contributed by atoms with Crippen LogP contribution in [0.15, 0.2) is 0 Å². The van der Waals surface area contributed by atoms with Crippen LogP contribution in [0, 0.1) is 11.8 Å². The zero-order valence-electron chi connectivity index (χ0n) is 4.85. The Labute approximate surface area is 51.6 Å². The Bertz CT molecular complexity index is 134. The third kappa shape index (κ3) is 0.548. The van der Waals surface area contributed by atoms with Gasteiger partial charge in [-0.1, -0.05) is 0 Å². The molecule has 0 bridgehead atoms. The predicted octanol–water partition coefficient (Wildman–Crippen LogP) is 0.0570. The molecule has 4 heteroatoms. The summed E-state index contributed by atoms with van der Waals surface area (Å²) in [7, 11) is 0. The van der Waals surface area contributed by atoms with Gasteiger partial charge >= 0.3 is 0 Å². The van der Waals surface area contributed by atoms with E-state index in [0.29, 0.717) is 13.1 Å². The molecular formula is C5H8F2N2. The van der Waals surface area contributed by atoms with E-state index in [4.69, 9.17) is 5.84 Å². The molecule has 1 saturated heterocycles. The van der Waals surface area contributed by atoms with Crippen molar-refractivity contribution in [1.82, 2.24) is 5.01 Å². The van der Waals surface area contributed by atoms with Crippen LogP contribution in [0.1, 0.15) is 0 Å². The monoisotopic (exact) mass is 134 g/mol. The molecule has 0 aromatic heterocycles. The standard InChI is InChI=1S/C5H8F2N2/c6-5(7)3-1-9(8)2-4(3)5/h3-4H,1-2,8H2. The van der Waals surface area contributed by atoms with Gasteiger partial charge in [0.05, 0.1) is 0 Å². The summed E-state index contributed by atoms with van der Waals surface area (Å²) in [4.78, 5) is 0. The molecule has 0 aromatic carbocycles. The van der Waals surface area contributed by atoms with Crippen molar-refractivity contribution in [2.24, 2.45) is 17.7 Å². The number of nitrogens with two attached hydrogens (primary N) is 1. The van der Waals surface area contributed by atoms with E-state index in [2.05, 4.69) is 0 Å². The SMILES string of the molecule is NN1CC2C(C1)C2(F)F. The summed E-state index contributed by atoms with van der Waals surface area (Å²) < 4.78 is 24.7. The van der Waals surface area contributed by atoms with Gasteiger partial charge in [-0.05, 0) is 0 Å². The molecule has 2 rings (SSSR count). The second-order valence-electron chi connectivity index (χ2n) is 2.84. The van der Waals surface area contributed by atoms with E-state index in [1.807, 2.05) is 0 Å². The number of rotatable bonds is 0. The van der Waals surface area contributed by atoms with E-state index in [0.717, 1.165) is 0 Å². The topological polar surface area (TPSA) is 29.3 Å². The van der Waals surface area contributed by atoms with Gasteiger partial charge in [0.25, 0.3) is 5.92 Å². The van der Waals surface area contributed by atoms with Crippen LogP contribution in [-0.4, -0.2) is 24.0 Å². The average molecular weight is 134 g/mol. The van der Waals surface area contributed by atoms with Crippen LogP contribution in [0.2, 0.25) is 0 Å². The molecule has 1 aliphatic heterocycles. The van der Waals surface area contributed by atoms with Crippen molar-refractivity contribution < 1.29 is 8.78 Å². The Morgan fingerprint density at radius 1 is 1.33 bits per heavy atom. The van der Waals surface area contributed by atoms with E-state index in [-0.39, 0.29) is 0 Å². The van der Waals surface area contributed by atoms with Crippen LogP contribution < -0.4 is 5.84 Å². The van der Waals surface area contributed by atoms with E-state index in [9.17, 15) is 8.78 Å². The number of halogens is 2. The van der Waals surface area contributed by atoms with Gasteiger partial charge < -0.3 is 0 Å². The van der Waals surface area contributed by atoms with Crippen LogP contribution in [-0.2, 0) is 0 Å². The predicted molar refractivity (Wildman–Crippen MR) is 27.7 cm³/mol. The number of alkyl halides is 2. The largest absolute Gasteiger partial charge is 0.269 e. The first-order valence-corrected chi connectivity index (χ1v) is 3.00. The number of hydrogen-bond donors (Lipinski definition) is 1. The number of hydrazine groups is 1. The van der Waals surface area contributed by atoms with Gasteiger partial charge in [-0.3, -0.25) is 5.84 Å². The Balaban J connectivity index is 2.06. The van der Waals surface area contributed by atoms with Gasteiger partial charge in [-0.2, -0.15) is 0 Å². The zero-order valence-corrected chi connectivity index (χ0v) is 4.85. The molecule has 2 fully saturated rings. The van der Waals surface area contributed by atoms with Crippen LogP contribution >= 0.6 is 0 Å². The molecule has 0 radical (unpaired) electrons. The lowest BCUT2D eigenvalue weighted by Gasteiger charge is -2.11. The highest BCUT2D eigenvalue weighted by molar-refractivity contribution is 5.11. The van der Waals surface area contributed by atoms with Crippen molar-refractivity contribution in [3.63, 3.8) is 0 Å². The van der Waals surface area contributed by atoms with Crippen molar-refractivity contribution >= 4 is 0 Å². The maximum atomic E-state index is 12.3. The van der Waals surface area contributed by atoms with E-state index in [1.54, 1.807) is 0 Å². The molecule has 2 nitrogen and oxygen atoms in total. The minimum absolute atomic E-state index is 0.373. The molecule has 2 aliphatic rings. The average Bonchev–Trinajstić information content (AvgIpc) is 2.27. The Morgan fingerprint density at radius 3 is 2.11 bits per heavy atom. The summed E-state index contributed by atoms with van der Waals surface area (Å²) in [6.45, 7) is 0.745. The van der Waals surface area contributed by atoms with Gasteiger partial charge in [0.15, 0.2) is 0 Å². The Hall–Kier alpha value is -0.220. The fourth-order valence-corrected chi connectivity index (χ4v) is 1.54. The molecule has 2 atom stereocenters. The van der Waals surface area contributed by atoms with Crippen LogP contribution in [0.25, 0.3) is 0 Å². The van der Waals surface area contributed by atoms with E-state index < -0.39 is 17.8 Å². The maximum absolute atomic E-state index is 12.3. The lowest BCUT2D eigenvalue weighted by molar-refractivity contribution is 0.0534. The molecule has 1 saturated carbocycles. The number of hydrogen-bond acceptors (Lipinski definition) is 2. The third-order valence-electron chi connectivity index (χ3n) is 2.23. The van der Waals surface area contributed by atoms with Gasteiger partial charge in [0.2, 0.25) is 0 Å². The third-order valence-corrected chi connectivity index (χ3v) is 2.23. The smallest absolute Gasteiger partial charge is 0.257 e. The molecule has 9 heavy (non-hydrogen) atoms. The van der Waals surface area contributed by atoms with Crippen molar-refractivity contribution in [1.29, 1.82) is 0 Å². The summed E-state index contributed by atoms with van der Waals surface area (Å²) in [5.41, 5.74) is 0. The highest BCUT2D eigenvalue weighted by Gasteiger charge is 2.71. The Morgan fingerprint density at radius 2 is 1.78 bits per heavy atom. The Kier molecular flexibility index (Phi) is 0.784. The zero-order chi connectivity index (χ0) is 6.65. The number of piperidine rings is 1. The molecule has 1 aliphatic carbocycles. The van der Waals surface area contributed by atoms with Crippen molar-refractivity contribution in [3.8, 4) is 0 Å². The van der Waals surface area contributed by atoms with Gasteiger partial charge in [0, 0.05) is 24.9 Å². The van der Waals surface area contributed by atoms with Gasteiger partial charge in [0.1, 0.15) is 0 Å². The minimum Gasteiger partial charge on any atom is -0.269 e. The van der Waals surface area contributed by atoms with Crippen LogP contribution in [0.4, 0.5) is 8.78 Å². The fraction of sp³-hybridized carbons (Fsp3) is 1.00. The molecular weight excluding hydrogens is 126 g/mol. The lowest BCUT2D eigenvalue weighted by atomic mass is 10.4. The molecule has 2 unspecified atom stereocenters. The van der Waals surface area contributed by atoms with Crippen molar-refractivity contribution in [2.45, 2.75) is 5.92 Å². The van der Waals surface area contributed by atoms with Crippen molar-refractivity contribution in [3.05, 3.63) is 0 Å². The highest BCUT2D eigenvalue weighted by atomic mass is 19.3. The summed E-state index contributed by atoms with van der Waals surface area (Å²) in [5, 5.41) is 1.47. The molecule has 2 N–H and O–H groups in total. The lowest BCUT2D eigenvalue weighted by Crippen LogP contribution is -2.33. The molecule has 0 aromatic rings. The normalized spacial score (nSPS) is 47.0. The quantitative estimate of drug-likeness (QED) is 0.474. The molecule has 0 amide bonds. The summed E-state index contributed by atoms with van der Waals surface area (Å²) >= 11 is 0. The van der Waals surface area contributed by atoms with Gasteiger partial charge in [-0.25, -0.2) is 13.8 Å². The summed E-state index contributed by atoms with van der Waals surface area (Å²) in [6.07, 6.45) is 0. The number of fused-ring (bicyclic) bond motifs is 1. The molecule has 0 spiro atoms. The first-order valence-electron chi connectivity index (χ1n) is 3.00. The molecule has 1 heterocycles. The van der Waals surface area contributed by atoms with Crippen molar-refractivity contribution in [2.75, 3.05) is 13.1 Å². The number of nitrogens with zero attached hydrogens (tertiary/aromatic N) is 1. The maximum Gasteiger partial charge on any atom is 0.257 e. The van der Waals surface area contributed by atoms with Crippen LogP contribution in [0.3, 0.4) is 0 Å². The van der Waals surface area contributed by atoms with Gasteiger partial charge in [-0.15, -0.1) is 0 Å². The van der Waals surface area contributed by atoms with Crippen LogP contribution in [0.5, 0.6) is 0 Å². The molecule has 52 valence electrons. The van der Waals surface area contributed by atoms with E-state index >= 15 is 0 Å². The minimum atomic E-state index is -2.38. The second kappa shape index (κ2) is 1.27. The summed E-state index contributed by atoms with van der Waals surface area (Å²) in [6, 6.07) is 0. The first-order chi connectivity index (χ1) is 4.12.